The Labute approximate surface area is 113 Å². The Kier molecular flexibility index (Phi) is 4.33. The van der Waals surface area contributed by atoms with Crippen LogP contribution >= 0.6 is 15.9 Å². The molecule has 2 rings (SSSR count). The van der Waals surface area contributed by atoms with Crippen LogP contribution in [0.3, 0.4) is 0 Å². The van der Waals surface area contributed by atoms with E-state index in [1.54, 1.807) is 6.07 Å². The number of halogens is 4. The van der Waals surface area contributed by atoms with E-state index >= 15 is 0 Å². The highest BCUT2D eigenvalue weighted by atomic mass is 79.9. The Hall–Kier alpha value is -0.550. The van der Waals surface area contributed by atoms with Gasteiger partial charge >= 0.3 is 6.18 Å². The number of nitrogens with zero attached hydrogens (tertiary/aromatic N) is 1. The van der Waals surface area contributed by atoms with E-state index in [-0.39, 0.29) is 0 Å². The van der Waals surface area contributed by atoms with E-state index in [0.717, 1.165) is 37.6 Å². The summed E-state index contributed by atoms with van der Waals surface area (Å²) in [5, 5.41) is 0. The fourth-order valence-corrected chi connectivity index (χ4v) is 2.82. The van der Waals surface area contributed by atoms with E-state index < -0.39 is 11.7 Å². The minimum Gasteiger partial charge on any atom is -0.299 e. The number of hydrogen-bond acceptors (Lipinski definition) is 1. The zero-order valence-corrected chi connectivity index (χ0v) is 11.5. The standard InChI is InChI=1S/C13H15BrF3N/c14-12-7-10(6-11(8-12)13(15,16)17)9-18-4-2-1-3-5-18/h6-8H,1-5,9H2. The first-order chi connectivity index (χ1) is 8.45. The van der Waals surface area contributed by atoms with E-state index in [9.17, 15) is 13.2 Å². The Morgan fingerprint density at radius 2 is 1.72 bits per heavy atom. The van der Waals surface area contributed by atoms with Gasteiger partial charge in [0.1, 0.15) is 0 Å². The molecule has 0 aromatic heterocycles. The molecule has 1 fully saturated rings. The highest BCUT2D eigenvalue weighted by Gasteiger charge is 2.31. The molecule has 0 radical (unpaired) electrons. The van der Waals surface area contributed by atoms with Gasteiger partial charge in [-0.05, 0) is 49.7 Å². The highest BCUT2D eigenvalue weighted by molar-refractivity contribution is 9.10. The lowest BCUT2D eigenvalue weighted by Crippen LogP contribution is -2.29. The maximum atomic E-state index is 12.7. The van der Waals surface area contributed by atoms with Crippen molar-refractivity contribution in [3.63, 3.8) is 0 Å². The predicted molar refractivity (Wildman–Crippen MR) is 68.3 cm³/mol. The Morgan fingerprint density at radius 1 is 1.06 bits per heavy atom. The van der Waals surface area contributed by atoms with Gasteiger partial charge in [0.2, 0.25) is 0 Å². The Balaban J connectivity index is 2.14. The van der Waals surface area contributed by atoms with Gasteiger partial charge in [-0.1, -0.05) is 22.4 Å². The molecule has 1 nitrogen and oxygen atoms in total. The van der Waals surface area contributed by atoms with Crippen molar-refractivity contribution in [3.05, 3.63) is 33.8 Å². The summed E-state index contributed by atoms with van der Waals surface area (Å²) in [5.74, 6) is 0. The minimum absolute atomic E-state index is 0.490. The van der Waals surface area contributed by atoms with Gasteiger partial charge in [-0.3, -0.25) is 4.90 Å². The quantitative estimate of drug-likeness (QED) is 0.777. The molecular formula is C13H15BrF3N. The Morgan fingerprint density at radius 3 is 2.33 bits per heavy atom. The van der Waals surface area contributed by atoms with E-state index in [1.807, 2.05) is 0 Å². The van der Waals surface area contributed by atoms with Crippen LogP contribution in [0.15, 0.2) is 22.7 Å². The molecule has 1 aliphatic rings. The van der Waals surface area contributed by atoms with Crippen LogP contribution in [0.5, 0.6) is 0 Å². The third-order valence-electron chi connectivity index (χ3n) is 3.14. The minimum atomic E-state index is -4.28. The molecule has 18 heavy (non-hydrogen) atoms. The smallest absolute Gasteiger partial charge is 0.299 e. The predicted octanol–water partition coefficient (Wildman–Crippen LogP) is 4.45. The zero-order chi connectivity index (χ0) is 13.2. The molecule has 1 saturated heterocycles. The van der Waals surface area contributed by atoms with Crippen molar-refractivity contribution in [3.8, 4) is 0 Å². The second-order valence-electron chi connectivity index (χ2n) is 4.68. The molecule has 0 saturated carbocycles. The first-order valence-corrected chi connectivity index (χ1v) is 6.83. The van der Waals surface area contributed by atoms with Crippen molar-refractivity contribution in [2.75, 3.05) is 13.1 Å². The van der Waals surface area contributed by atoms with Crippen molar-refractivity contribution >= 4 is 15.9 Å². The van der Waals surface area contributed by atoms with Gasteiger partial charge in [0, 0.05) is 11.0 Å². The van der Waals surface area contributed by atoms with Crippen LogP contribution in [-0.4, -0.2) is 18.0 Å². The Bertz CT molecular complexity index is 411. The summed E-state index contributed by atoms with van der Waals surface area (Å²) >= 11 is 3.15. The molecule has 1 aromatic carbocycles. The molecule has 5 heteroatoms. The number of hydrogen-bond donors (Lipinski definition) is 0. The first kappa shape index (κ1) is 13.9. The molecule has 0 aliphatic carbocycles. The second kappa shape index (κ2) is 5.61. The van der Waals surface area contributed by atoms with Crippen LogP contribution in [0.2, 0.25) is 0 Å². The molecular weight excluding hydrogens is 307 g/mol. The number of benzene rings is 1. The van der Waals surface area contributed by atoms with Crippen molar-refractivity contribution in [2.45, 2.75) is 32.0 Å². The summed E-state index contributed by atoms with van der Waals surface area (Å²) in [4.78, 5) is 2.21. The fourth-order valence-electron chi connectivity index (χ4n) is 2.28. The van der Waals surface area contributed by atoms with Crippen LogP contribution in [-0.2, 0) is 12.7 Å². The number of likely N-dealkylation sites (tertiary alicyclic amines) is 1. The van der Waals surface area contributed by atoms with Gasteiger partial charge in [0.05, 0.1) is 5.56 Å². The zero-order valence-electron chi connectivity index (χ0n) is 9.93. The lowest BCUT2D eigenvalue weighted by Gasteiger charge is -2.26. The molecule has 0 spiro atoms. The third-order valence-corrected chi connectivity index (χ3v) is 3.60. The first-order valence-electron chi connectivity index (χ1n) is 6.04. The normalized spacial score (nSPS) is 18.0. The lowest BCUT2D eigenvalue weighted by molar-refractivity contribution is -0.137. The van der Waals surface area contributed by atoms with Crippen molar-refractivity contribution in [1.82, 2.24) is 4.90 Å². The van der Waals surface area contributed by atoms with Crippen molar-refractivity contribution in [2.24, 2.45) is 0 Å². The number of alkyl halides is 3. The maximum Gasteiger partial charge on any atom is 0.416 e. The van der Waals surface area contributed by atoms with Gasteiger partial charge in [-0.25, -0.2) is 0 Å². The molecule has 0 amide bonds. The largest absolute Gasteiger partial charge is 0.416 e. The van der Waals surface area contributed by atoms with Crippen LogP contribution in [0.4, 0.5) is 13.2 Å². The van der Waals surface area contributed by atoms with E-state index in [4.69, 9.17) is 0 Å². The molecule has 0 atom stereocenters. The molecule has 0 unspecified atom stereocenters. The summed E-state index contributed by atoms with van der Waals surface area (Å²) in [6, 6.07) is 4.14. The highest BCUT2D eigenvalue weighted by Crippen LogP contribution is 2.32. The second-order valence-corrected chi connectivity index (χ2v) is 5.60. The van der Waals surface area contributed by atoms with E-state index in [1.165, 1.54) is 12.5 Å². The summed E-state index contributed by atoms with van der Waals surface area (Å²) in [6.45, 7) is 2.56. The topological polar surface area (TPSA) is 3.24 Å². The van der Waals surface area contributed by atoms with Gasteiger partial charge in [0.15, 0.2) is 0 Å². The van der Waals surface area contributed by atoms with Crippen molar-refractivity contribution < 1.29 is 13.2 Å². The maximum absolute atomic E-state index is 12.7. The molecule has 1 heterocycles. The fraction of sp³-hybridized carbons (Fsp3) is 0.538. The van der Waals surface area contributed by atoms with Crippen LogP contribution in [0.25, 0.3) is 0 Å². The van der Waals surface area contributed by atoms with E-state index in [0.29, 0.717) is 11.0 Å². The third kappa shape index (κ3) is 3.72. The SMILES string of the molecule is FC(F)(F)c1cc(Br)cc(CN2CCCCC2)c1. The summed E-state index contributed by atoms with van der Waals surface area (Å²) in [5.41, 5.74) is 0.141. The average Bonchev–Trinajstić information content (AvgIpc) is 2.28. The van der Waals surface area contributed by atoms with Crippen molar-refractivity contribution in [1.29, 1.82) is 0 Å². The van der Waals surface area contributed by atoms with E-state index in [2.05, 4.69) is 20.8 Å². The van der Waals surface area contributed by atoms with Crippen LogP contribution in [0, 0.1) is 0 Å². The number of piperidine rings is 1. The summed E-state index contributed by atoms with van der Waals surface area (Å²) in [7, 11) is 0. The number of rotatable bonds is 2. The lowest BCUT2D eigenvalue weighted by atomic mass is 10.1. The van der Waals surface area contributed by atoms with Crippen LogP contribution < -0.4 is 0 Å². The molecule has 0 bridgehead atoms. The van der Waals surface area contributed by atoms with Gasteiger partial charge in [-0.2, -0.15) is 13.2 Å². The average molecular weight is 322 g/mol. The molecule has 100 valence electrons. The monoisotopic (exact) mass is 321 g/mol. The van der Waals surface area contributed by atoms with Gasteiger partial charge in [-0.15, -0.1) is 0 Å². The summed E-state index contributed by atoms with van der Waals surface area (Å²) in [6.07, 6.45) is -0.774. The molecule has 1 aromatic rings. The van der Waals surface area contributed by atoms with Crippen LogP contribution in [0.1, 0.15) is 30.4 Å². The van der Waals surface area contributed by atoms with Gasteiger partial charge in [0.25, 0.3) is 0 Å². The van der Waals surface area contributed by atoms with Gasteiger partial charge < -0.3 is 0 Å². The molecule has 1 aliphatic heterocycles. The summed E-state index contributed by atoms with van der Waals surface area (Å²) < 4.78 is 38.6. The molecule has 0 N–H and O–H groups in total.